The highest BCUT2D eigenvalue weighted by Crippen LogP contribution is 2.24. The summed E-state index contributed by atoms with van der Waals surface area (Å²) in [5.41, 5.74) is 5.46. The van der Waals surface area contributed by atoms with Crippen LogP contribution in [0.3, 0.4) is 0 Å². The van der Waals surface area contributed by atoms with Crippen molar-refractivity contribution in [1.82, 2.24) is 5.32 Å². The number of carbonyl (C=O) groups is 2. The van der Waals surface area contributed by atoms with Crippen LogP contribution in [0.1, 0.15) is 18.4 Å². The van der Waals surface area contributed by atoms with E-state index in [1.807, 2.05) is 0 Å². The molecule has 0 radical (unpaired) electrons. The van der Waals surface area contributed by atoms with Crippen molar-refractivity contribution in [3.63, 3.8) is 0 Å². The van der Waals surface area contributed by atoms with Crippen molar-refractivity contribution in [3.8, 4) is 0 Å². The fourth-order valence-corrected chi connectivity index (χ4v) is 1.85. The van der Waals surface area contributed by atoms with Gasteiger partial charge in [0.2, 0.25) is 0 Å². The van der Waals surface area contributed by atoms with Crippen molar-refractivity contribution in [1.29, 1.82) is 0 Å². The SMILES string of the molecule is NC(=O)NCCCC(=O)OCc1c(Cl)cccc1Cl. The lowest BCUT2D eigenvalue weighted by Crippen LogP contribution is -2.30. The summed E-state index contributed by atoms with van der Waals surface area (Å²) in [6, 6.07) is 4.45. The van der Waals surface area contributed by atoms with Gasteiger partial charge < -0.3 is 15.8 Å². The highest BCUT2D eigenvalue weighted by molar-refractivity contribution is 6.35. The fraction of sp³-hybridized carbons (Fsp3) is 0.333. The maximum Gasteiger partial charge on any atom is 0.312 e. The third-order valence-electron chi connectivity index (χ3n) is 2.30. The normalized spacial score (nSPS) is 10.0. The summed E-state index contributed by atoms with van der Waals surface area (Å²) in [4.78, 5) is 21.8. The van der Waals surface area contributed by atoms with Crippen LogP contribution in [0, 0.1) is 0 Å². The Labute approximate surface area is 121 Å². The van der Waals surface area contributed by atoms with Gasteiger partial charge >= 0.3 is 12.0 Å². The Morgan fingerprint density at radius 3 is 2.47 bits per heavy atom. The lowest BCUT2D eigenvalue weighted by atomic mass is 10.2. The molecular weight excluding hydrogens is 291 g/mol. The van der Waals surface area contributed by atoms with Crippen molar-refractivity contribution < 1.29 is 14.3 Å². The van der Waals surface area contributed by atoms with E-state index in [1.165, 1.54) is 0 Å². The minimum atomic E-state index is -0.615. The van der Waals surface area contributed by atoms with Gasteiger partial charge in [-0.25, -0.2) is 4.79 Å². The second-order valence-corrected chi connectivity index (χ2v) is 4.57. The molecule has 0 aliphatic carbocycles. The van der Waals surface area contributed by atoms with E-state index >= 15 is 0 Å². The topological polar surface area (TPSA) is 81.4 Å². The predicted molar refractivity (Wildman–Crippen MR) is 73.1 cm³/mol. The molecule has 5 nitrogen and oxygen atoms in total. The minimum Gasteiger partial charge on any atom is -0.461 e. The number of ether oxygens (including phenoxy) is 1. The summed E-state index contributed by atoms with van der Waals surface area (Å²) in [6.07, 6.45) is 0.639. The number of carbonyl (C=O) groups excluding carboxylic acids is 2. The molecule has 1 aromatic rings. The molecule has 2 amide bonds. The first-order valence-corrected chi connectivity index (χ1v) is 6.38. The van der Waals surface area contributed by atoms with Crippen molar-refractivity contribution in [2.24, 2.45) is 5.73 Å². The van der Waals surface area contributed by atoms with E-state index in [2.05, 4.69) is 5.32 Å². The Bertz CT molecular complexity index is 446. The molecule has 1 aromatic carbocycles. The zero-order valence-electron chi connectivity index (χ0n) is 10.1. The molecule has 0 heterocycles. The zero-order chi connectivity index (χ0) is 14.3. The van der Waals surface area contributed by atoms with Crippen molar-refractivity contribution in [3.05, 3.63) is 33.8 Å². The number of halogens is 2. The van der Waals surface area contributed by atoms with Crippen LogP contribution in [0.5, 0.6) is 0 Å². The van der Waals surface area contributed by atoms with Crippen LogP contribution in [-0.2, 0) is 16.1 Å². The van der Waals surface area contributed by atoms with Crippen molar-refractivity contribution in [2.45, 2.75) is 19.4 Å². The van der Waals surface area contributed by atoms with Gasteiger partial charge in [0.1, 0.15) is 6.61 Å². The molecule has 1 rings (SSSR count). The van der Waals surface area contributed by atoms with Gasteiger partial charge in [-0.2, -0.15) is 0 Å². The Morgan fingerprint density at radius 1 is 1.26 bits per heavy atom. The number of hydrogen-bond acceptors (Lipinski definition) is 3. The van der Waals surface area contributed by atoms with Crippen LogP contribution in [0.2, 0.25) is 10.0 Å². The number of hydrogen-bond donors (Lipinski definition) is 2. The van der Waals surface area contributed by atoms with Crippen LogP contribution in [0.15, 0.2) is 18.2 Å². The first-order valence-electron chi connectivity index (χ1n) is 5.62. The molecule has 0 spiro atoms. The van der Waals surface area contributed by atoms with Crippen LogP contribution in [0.25, 0.3) is 0 Å². The number of benzene rings is 1. The molecule has 7 heteroatoms. The fourth-order valence-electron chi connectivity index (χ4n) is 1.34. The van der Waals surface area contributed by atoms with Gasteiger partial charge in [-0.1, -0.05) is 29.3 Å². The maximum atomic E-state index is 11.4. The molecule has 0 aliphatic heterocycles. The van der Waals surface area contributed by atoms with Crippen LogP contribution < -0.4 is 11.1 Å². The molecule has 0 saturated carbocycles. The lowest BCUT2D eigenvalue weighted by Gasteiger charge is -2.08. The first kappa shape index (κ1) is 15.6. The number of nitrogens with one attached hydrogen (secondary N) is 1. The molecule has 0 aliphatic rings. The number of nitrogens with two attached hydrogens (primary N) is 1. The Kier molecular flexibility index (Phi) is 6.45. The molecule has 3 N–H and O–H groups in total. The third kappa shape index (κ3) is 5.81. The summed E-state index contributed by atoms with van der Waals surface area (Å²) < 4.78 is 5.05. The lowest BCUT2D eigenvalue weighted by molar-refractivity contribution is -0.145. The molecule has 19 heavy (non-hydrogen) atoms. The maximum absolute atomic E-state index is 11.4. The van der Waals surface area contributed by atoms with Gasteiger partial charge in [-0.05, 0) is 18.6 Å². The minimum absolute atomic E-state index is 0.0284. The standard InChI is InChI=1S/C12H14Cl2N2O3/c13-9-3-1-4-10(14)8(9)7-19-11(17)5-2-6-16-12(15)18/h1,3-4H,2,5-7H2,(H3,15,16,18). The number of rotatable bonds is 6. The van der Waals surface area contributed by atoms with E-state index in [0.717, 1.165) is 0 Å². The molecule has 0 unspecified atom stereocenters. The van der Waals surface area contributed by atoms with Crippen LogP contribution in [0.4, 0.5) is 4.79 Å². The average molecular weight is 305 g/mol. The summed E-state index contributed by atoms with van der Waals surface area (Å²) in [6.45, 7) is 0.359. The molecular formula is C12H14Cl2N2O3. The van der Waals surface area contributed by atoms with E-state index in [-0.39, 0.29) is 19.0 Å². The Balaban J connectivity index is 2.32. The van der Waals surface area contributed by atoms with Gasteiger partial charge in [-0.3, -0.25) is 4.79 Å². The Hall–Kier alpha value is -1.46. The van der Waals surface area contributed by atoms with Gasteiger partial charge in [0, 0.05) is 28.6 Å². The van der Waals surface area contributed by atoms with E-state index in [4.69, 9.17) is 33.7 Å². The van der Waals surface area contributed by atoms with Gasteiger partial charge in [-0.15, -0.1) is 0 Å². The monoisotopic (exact) mass is 304 g/mol. The number of urea groups is 1. The van der Waals surface area contributed by atoms with Crippen LogP contribution in [-0.4, -0.2) is 18.5 Å². The highest BCUT2D eigenvalue weighted by atomic mass is 35.5. The summed E-state index contributed by atoms with van der Waals surface area (Å²) in [5, 5.41) is 3.29. The van der Waals surface area contributed by atoms with Crippen molar-refractivity contribution >= 4 is 35.2 Å². The quantitative estimate of drug-likeness (QED) is 0.626. The zero-order valence-corrected chi connectivity index (χ0v) is 11.6. The smallest absolute Gasteiger partial charge is 0.312 e. The predicted octanol–water partition coefficient (Wildman–Crippen LogP) is 2.49. The van der Waals surface area contributed by atoms with E-state index < -0.39 is 6.03 Å². The molecule has 104 valence electrons. The Morgan fingerprint density at radius 2 is 1.89 bits per heavy atom. The molecule has 0 atom stereocenters. The molecule has 0 saturated heterocycles. The van der Waals surface area contributed by atoms with E-state index in [0.29, 0.717) is 28.6 Å². The van der Waals surface area contributed by atoms with Gasteiger partial charge in [0.25, 0.3) is 0 Å². The average Bonchev–Trinajstić information content (AvgIpc) is 2.34. The number of primary amides is 1. The van der Waals surface area contributed by atoms with E-state index in [1.54, 1.807) is 18.2 Å². The largest absolute Gasteiger partial charge is 0.461 e. The van der Waals surface area contributed by atoms with Crippen LogP contribution >= 0.6 is 23.2 Å². The van der Waals surface area contributed by atoms with E-state index in [9.17, 15) is 9.59 Å². The number of esters is 1. The highest BCUT2D eigenvalue weighted by Gasteiger charge is 2.09. The first-order chi connectivity index (χ1) is 9.00. The summed E-state index contributed by atoms with van der Waals surface area (Å²) in [5.74, 6) is -0.387. The molecule has 0 bridgehead atoms. The van der Waals surface area contributed by atoms with Crippen molar-refractivity contribution in [2.75, 3.05) is 6.54 Å². The summed E-state index contributed by atoms with van der Waals surface area (Å²) in [7, 11) is 0. The second kappa shape index (κ2) is 7.86. The van der Waals surface area contributed by atoms with Gasteiger partial charge in [0.15, 0.2) is 0 Å². The third-order valence-corrected chi connectivity index (χ3v) is 3.00. The summed E-state index contributed by atoms with van der Waals surface area (Å²) >= 11 is 11.9. The van der Waals surface area contributed by atoms with Gasteiger partial charge in [0.05, 0.1) is 0 Å². The molecule has 0 fully saturated rings. The second-order valence-electron chi connectivity index (χ2n) is 3.76. The number of amides is 2. The molecule has 0 aromatic heterocycles.